The van der Waals surface area contributed by atoms with Crippen LogP contribution < -0.4 is 10.1 Å². The van der Waals surface area contributed by atoms with E-state index in [0.717, 1.165) is 11.4 Å². The van der Waals surface area contributed by atoms with Crippen LogP contribution in [0, 0.1) is 11.7 Å². The molecule has 0 saturated heterocycles. The fraction of sp³-hybridized carbons (Fsp3) is 0.360. The van der Waals surface area contributed by atoms with Crippen LogP contribution in [0.15, 0.2) is 59.8 Å². The smallest absolute Gasteiger partial charge is 0.158 e. The lowest BCUT2D eigenvalue weighted by Crippen LogP contribution is -2.48. The lowest BCUT2D eigenvalue weighted by Gasteiger charge is -2.43. The molecule has 0 aliphatic heterocycles. The number of rotatable bonds is 7. The average molecular weight is 426 g/mol. The number of allylic oxidation sites excluding steroid dienone is 1. The Labute approximate surface area is 181 Å². The highest BCUT2D eigenvalue weighted by Crippen LogP contribution is 2.47. The zero-order valence-electron chi connectivity index (χ0n) is 18.2. The second-order valence-electron chi connectivity index (χ2n) is 8.18. The number of ketones is 2. The summed E-state index contributed by atoms with van der Waals surface area (Å²) >= 11 is 0. The van der Waals surface area contributed by atoms with Crippen LogP contribution in [0.1, 0.15) is 45.6 Å². The normalized spacial score (nSPS) is 23.4. The molecular weight excluding hydrogens is 397 g/mol. The van der Waals surface area contributed by atoms with Gasteiger partial charge < -0.3 is 15.2 Å². The summed E-state index contributed by atoms with van der Waals surface area (Å²) in [6.45, 7) is 6.93. The maximum absolute atomic E-state index is 13.6. The largest absolute Gasteiger partial charge is 0.494 e. The van der Waals surface area contributed by atoms with Gasteiger partial charge in [0, 0.05) is 29.3 Å². The van der Waals surface area contributed by atoms with Crippen LogP contribution in [0.2, 0.25) is 0 Å². The number of aliphatic hydroxyl groups is 1. The first-order valence-electron chi connectivity index (χ1n) is 10.4. The number of hydrogen-bond donors (Lipinski definition) is 2. The molecule has 0 bridgehead atoms. The number of Topliss-reactive ketones (excluding diaryl/α,β-unsaturated/α-hetero) is 2. The van der Waals surface area contributed by atoms with Gasteiger partial charge >= 0.3 is 0 Å². The summed E-state index contributed by atoms with van der Waals surface area (Å²) in [6, 6.07) is 13.0. The van der Waals surface area contributed by atoms with Crippen LogP contribution in [0.4, 0.5) is 10.1 Å². The molecular formula is C25H28FNO4. The Balaban J connectivity index is 2.12. The fourth-order valence-corrected chi connectivity index (χ4v) is 4.50. The van der Waals surface area contributed by atoms with Gasteiger partial charge in [-0.05, 0) is 69.7 Å². The summed E-state index contributed by atoms with van der Waals surface area (Å²) in [4.78, 5) is 25.4. The van der Waals surface area contributed by atoms with E-state index in [1.165, 1.54) is 26.0 Å². The highest BCUT2D eigenvalue weighted by Gasteiger charge is 2.49. The molecule has 0 radical (unpaired) electrons. The van der Waals surface area contributed by atoms with Crippen molar-refractivity contribution >= 4 is 17.3 Å². The van der Waals surface area contributed by atoms with Gasteiger partial charge in [0.25, 0.3) is 0 Å². The Morgan fingerprint density at radius 1 is 1.13 bits per heavy atom. The van der Waals surface area contributed by atoms with Crippen molar-refractivity contribution in [2.75, 3.05) is 11.9 Å². The predicted molar refractivity (Wildman–Crippen MR) is 117 cm³/mol. The monoisotopic (exact) mass is 425 g/mol. The minimum Gasteiger partial charge on any atom is -0.494 e. The van der Waals surface area contributed by atoms with E-state index in [1.807, 2.05) is 31.2 Å². The Hall–Kier alpha value is -2.99. The number of nitrogens with one attached hydrogen (secondary N) is 1. The number of halogens is 1. The highest BCUT2D eigenvalue weighted by molar-refractivity contribution is 5.98. The van der Waals surface area contributed by atoms with Crippen molar-refractivity contribution in [1.82, 2.24) is 0 Å². The number of carbonyl (C=O) groups is 2. The van der Waals surface area contributed by atoms with Gasteiger partial charge in [0.15, 0.2) is 5.78 Å². The third-order valence-corrected chi connectivity index (χ3v) is 5.68. The summed E-state index contributed by atoms with van der Waals surface area (Å²) in [6.07, 6.45) is 0.108. The molecule has 0 aromatic heterocycles. The van der Waals surface area contributed by atoms with E-state index in [2.05, 4.69) is 5.32 Å². The van der Waals surface area contributed by atoms with Crippen LogP contribution in [-0.2, 0) is 9.59 Å². The third-order valence-electron chi connectivity index (χ3n) is 5.68. The Bertz CT molecular complexity index is 993. The standard InChI is InChI=1S/C25H28FNO4/c1-5-31-20-12-10-19(11-13-20)27-21-14-25(4,30)24(16(3)29)23(22(21)15(2)28)17-6-8-18(26)9-7-17/h6-13,23-24,27,30H,5,14H2,1-4H3/t23-,24+,25-/m1/s1. The number of ether oxygens (including phenoxy) is 1. The lowest BCUT2D eigenvalue weighted by atomic mass is 9.64. The second-order valence-corrected chi connectivity index (χ2v) is 8.18. The molecule has 2 aromatic rings. The first kappa shape index (κ1) is 22.7. The summed E-state index contributed by atoms with van der Waals surface area (Å²) < 4.78 is 19.0. The average Bonchev–Trinajstić information content (AvgIpc) is 2.68. The van der Waals surface area contributed by atoms with E-state index < -0.39 is 23.3 Å². The molecule has 5 nitrogen and oxygen atoms in total. The number of carbonyl (C=O) groups excluding carboxylic acids is 2. The van der Waals surface area contributed by atoms with Gasteiger partial charge in [-0.15, -0.1) is 0 Å². The summed E-state index contributed by atoms with van der Waals surface area (Å²) in [5.41, 5.74) is 0.919. The summed E-state index contributed by atoms with van der Waals surface area (Å²) in [5.74, 6) is -1.63. The molecule has 164 valence electrons. The molecule has 0 saturated carbocycles. The summed E-state index contributed by atoms with van der Waals surface area (Å²) in [7, 11) is 0. The molecule has 3 rings (SSSR count). The quantitative estimate of drug-likeness (QED) is 0.677. The molecule has 0 spiro atoms. The van der Waals surface area contributed by atoms with Crippen LogP contribution in [0.5, 0.6) is 5.75 Å². The highest BCUT2D eigenvalue weighted by atomic mass is 19.1. The Morgan fingerprint density at radius 2 is 1.74 bits per heavy atom. The zero-order valence-corrected chi connectivity index (χ0v) is 18.2. The minimum atomic E-state index is -1.39. The molecule has 0 amide bonds. The SMILES string of the molecule is CCOc1ccc(NC2=C(C(C)=O)[C@@H](c3ccc(F)cc3)[C@H](C(C)=O)[C@](C)(O)C2)cc1. The van der Waals surface area contributed by atoms with E-state index in [9.17, 15) is 19.1 Å². The minimum absolute atomic E-state index is 0.108. The van der Waals surface area contributed by atoms with Crippen molar-refractivity contribution in [1.29, 1.82) is 0 Å². The lowest BCUT2D eigenvalue weighted by molar-refractivity contribution is -0.131. The predicted octanol–water partition coefficient (Wildman–Crippen LogP) is 4.62. The van der Waals surface area contributed by atoms with Gasteiger partial charge in [0.05, 0.1) is 18.1 Å². The van der Waals surface area contributed by atoms with Crippen molar-refractivity contribution < 1.29 is 23.8 Å². The van der Waals surface area contributed by atoms with E-state index >= 15 is 0 Å². The first-order valence-corrected chi connectivity index (χ1v) is 10.4. The van der Waals surface area contributed by atoms with Crippen molar-refractivity contribution in [3.63, 3.8) is 0 Å². The number of anilines is 1. The second kappa shape index (κ2) is 9.02. The maximum Gasteiger partial charge on any atom is 0.158 e. The molecule has 3 atom stereocenters. The number of benzene rings is 2. The van der Waals surface area contributed by atoms with Crippen LogP contribution >= 0.6 is 0 Å². The van der Waals surface area contributed by atoms with Gasteiger partial charge in [0.2, 0.25) is 0 Å². The van der Waals surface area contributed by atoms with Crippen LogP contribution in [0.3, 0.4) is 0 Å². The van der Waals surface area contributed by atoms with Gasteiger partial charge in [-0.3, -0.25) is 9.59 Å². The molecule has 6 heteroatoms. The fourth-order valence-electron chi connectivity index (χ4n) is 4.50. The van der Waals surface area contributed by atoms with E-state index in [-0.39, 0.29) is 18.0 Å². The molecule has 0 heterocycles. The Kier molecular flexibility index (Phi) is 6.60. The summed E-state index contributed by atoms with van der Waals surface area (Å²) in [5, 5.41) is 14.5. The van der Waals surface area contributed by atoms with Gasteiger partial charge in [-0.25, -0.2) is 4.39 Å². The topological polar surface area (TPSA) is 75.6 Å². The molecule has 0 unspecified atom stereocenters. The van der Waals surface area contributed by atoms with Crippen LogP contribution in [-0.4, -0.2) is 28.9 Å². The maximum atomic E-state index is 13.6. The molecule has 2 aromatic carbocycles. The van der Waals surface area contributed by atoms with E-state index in [0.29, 0.717) is 23.4 Å². The molecule has 1 aliphatic carbocycles. The van der Waals surface area contributed by atoms with Crippen molar-refractivity contribution in [3.8, 4) is 5.75 Å². The van der Waals surface area contributed by atoms with E-state index in [1.54, 1.807) is 19.1 Å². The van der Waals surface area contributed by atoms with Crippen molar-refractivity contribution in [2.45, 2.75) is 45.6 Å². The van der Waals surface area contributed by atoms with Crippen LogP contribution in [0.25, 0.3) is 0 Å². The van der Waals surface area contributed by atoms with Gasteiger partial charge in [0.1, 0.15) is 17.3 Å². The molecule has 1 aliphatic rings. The Morgan fingerprint density at radius 3 is 2.26 bits per heavy atom. The molecule has 2 N–H and O–H groups in total. The molecule has 31 heavy (non-hydrogen) atoms. The van der Waals surface area contributed by atoms with Gasteiger partial charge in [-0.1, -0.05) is 12.1 Å². The van der Waals surface area contributed by atoms with E-state index in [4.69, 9.17) is 4.74 Å². The van der Waals surface area contributed by atoms with Crippen molar-refractivity contribution in [3.05, 3.63) is 71.2 Å². The third kappa shape index (κ3) is 4.85. The van der Waals surface area contributed by atoms with Gasteiger partial charge in [-0.2, -0.15) is 0 Å². The number of hydrogen-bond acceptors (Lipinski definition) is 5. The molecule has 0 fully saturated rings. The van der Waals surface area contributed by atoms with Crippen molar-refractivity contribution in [2.24, 2.45) is 5.92 Å². The zero-order chi connectivity index (χ0) is 22.8. The first-order chi connectivity index (χ1) is 14.6.